The number of guanidine groups is 1. The van der Waals surface area contributed by atoms with Crippen molar-refractivity contribution < 1.29 is 17.9 Å². The Bertz CT molecular complexity index is 653. The fourth-order valence-corrected chi connectivity index (χ4v) is 3.05. The fourth-order valence-electron chi connectivity index (χ4n) is 3.05. The van der Waals surface area contributed by atoms with Gasteiger partial charge >= 0.3 is 6.18 Å². The fraction of sp³-hybridized carbons (Fsp3) is 0.632. The van der Waals surface area contributed by atoms with E-state index in [1.165, 1.54) is 18.9 Å². The van der Waals surface area contributed by atoms with Crippen LogP contribution in [0.3, 0.4) is 0 Å². The number of alkyl halides is 3. The number of morpholine rings is 1. The second-order valence-corrected chi connectivity index (χ2v) is 6.96. The van der Waals surface area contributed by atoms with E-state index in [9.17, 15) is 13.2 Å². The molecule has 5 nitrogen and oxygen atoms in total. The second kappa shape index (κ2) is 8.82. The molecule has 2 aliphatic rings. The lowest BCUT2D eigenvalue weighted by Crippen LogP contribution is -2.38. The van der Waals surface area contributed by atoms with E-state index in [2.05, 4.69) is 15.6 Å². The van der Waals surface area contributed by atoms with E-state index in [-0.39, 0.29) is 12.1 Å². The monoisotopic (exact) mass is 384 g/mol. The van der Waals surface area contributed by atoms with Crippen molar-refractivity contribution in [3.05, 3.63) is 29.3 Å². The quantitative estimate of drug-likeness (QED) is 0.585. The van der Waals surface area contributed by atoms with Gasteiger partial charge in [-0.2, -0.15) is 13.2 Å². The summed E-state index contributed by atoms with van der Waals surface area (Å²) in [4.78, 5) is 6.28. The van der Waals surface area contributed by atoms with Crippen LogP contribution in [-0.2, 0) is 17.5 Å². The Morgan fingerprint density at radius 1 is 1.22 bits per heavy atom. The van der Waals surface area contributed by atoms with Gasteiger partial charge in [-0.1, -0.05) is 6.07 Å². The van der Waals surface area contributed by atoms with E-state index >= 15 is 0 Å². The summed E-state index contributed by atoms with van der Waals surface area (Å²) in [6.07, 6.45) is -2.01. The summed E-state index contributed by atoms with van der Waals surface area (Å²) in [5.41, 5.74) is 0.147. The van der Waals surface area contributed by atoms with Crippen LogP contribution in [0.15, 0.2) is 23.2 Å². The average Bonchev–Trinajstić information content (AvgIpc) is 3.48. The molecule has 0 aromatic heterocycles. The summed E-state index contributed by atoms with van der Waals surface area (Å²) < 4.78 is 46.1. The highest BCUT2D eigenvalue weighted by atomic mass is 19.4. The minimum absolute atomic E-state index is 0.0156. The Morgan fingerprint density at radius 2 is 1.96 bits per heavy atom. The molecule has 0 atom stereocenters. The first kappa shape index (κ1) is 19.8. The van der Waals surface area contributed by atoms with Gasteiger partial charge < -0.3 is 20.3 Å². The van der Waals surface area contributed by atoms with Crippen LogP contribution in [0.4, 0.5) is 18.9 Å². The first-order valence-corrected chi connectivity index (χ1v) is 9.52. The molecule has 0 spiro atoms. The number of nitrogens with one attached hydrogen (secondary N) is 2. The van der Waals surface area contributed by atoms with E-state index in [0.717, 1.165) is 6.54 Å². The average molecular weight is 384 g/mol. The summed E-state index contributed by atoms with van der Waals surface area (Å²) >= 11 is 0. The highest BCUT2D eigenvalue weighted by Gasteiger charge is 2.34. The van der Waals surface area contributed by atoms with Crippen molar-refractivity contribution in [3.63, 3.8) is 0 Å². The second-order valence-electron chi connectivity index (χ2n) is 6.96. The predicted molar refractivity (Wildman–Crippen MR) is 100 cm³/mol. The number of hydrogen-bond donors (Lipinski definition) is 2. The molecule has 1 saturated carbocycles. The van der Waals surface area contributed by atoms with Crippen molar-refractivity contribution in [1.29, 1.82) is 0 Å². The Balaban J connectivity index is 1.76. The molecule has 1 aromatic carbocycles. The summed E-state index contributed by atoms with van der Waals surface area (Å²) in [6, 6.07) is 4.53. The van der Waals surface area contributed by atoms with E-state index in [4.69, 9.17) is 4.74 Å². The zero-order valence-electron chi connectivity index (χ0n) is 15.6. The van der Waals surface area contributed by atoms with Gasteiger partial charge in [0, 0.05) is 31.9 Å². The number of rotatable bonds is 6. The number of benzene rings is 1. The molecule has 1 aromatic rings. The van der Waals surface area contributed by atoms with Gasteiger partial charge in [-0.3, -0.25) is 0 Å². The van der Waals surface area contributed by atoms with Crippen LogP contribution < -0.4 is 15.5 Å². The molecule has 3 rings (SSSR count). The van der Waals surface area contributed by atoms with Gasteiger partial charge in [0.15, 0.2) is 5.96 Å². The van der Waals surface area contributed by atoms with E-state index < -0.39 is 11.7 Å². The molecule has 2 fully saturated rings. The Kier molecular flexibility index (Phi) is 6.46. The Hall–Kier alpha value is -1.96. The molecule has 1 aliphatic carbocycles. The standard InChI is InChI=1S/C19H27F3N4O/c1-2-23-18(24-12-14-3-4-14)25-13-15-5-6-16(11-17(15)19(20,21)22)26-7-9-27-10-8-26/h5-6,11,14H,2-4,7-10,12-13H2,1H3,(H2,23,24,25). The molecular formula is C19H27F3N4O. The minimum atomic E-state index is -4.41. The first-order valence-electron chi connectivity index (χ1n) is 9.52. The maximum atomic E-state index is 13.6. The van der Waals surface area contributed by atoms with Crippen molar-refractivity contribution in [2.75, 3.05) is 44.3 Å². The van der Waals surface area contributed by atoms with Gasteiger partial charge in [-0.15, -0.1) is 0 Å². The van der Waals surface area contributed by atoms with Crippen LogP contribution in [0.25, 0.3) is 0 Å². The zero-order chi connectivity index (χ0) is 19.3. The molecule has 150 valence electrons. The van der Waals surface area contributed by atoms with E-state index in [1.807, 2.05) is 11.8 Å². The first-order chi connectivity index (χ1) is 13.0. The SMILES string of the molecule is CCNC(=NCc1ccc(N2CCOCC2)cc1C(F)(F)F)NCC1CC1. The van der Waals surface area contributed by atoms with Crippen molar-refractivity contribution in [1.82, 2.24) is 10.6 Å². The molecule has 27 heavy (non-hydrogen) atoms. The maximum Gasteiger partial charge on any atom is 0.416 e. The largest absolute Gasteiger partial charge is 0.416 e. The molecule has 1 saturated heterocycles. The minimum Gasteiger partial charge on any atom is -0.378 e. The molecule has 1 aliphatic heterocycles. The molecule has 0 radical (unpaired) electrons. The van der Waals surface area contributed by atoms with Gasteiger partial charge in [0.1, 0.15) is 0 Å². The van der Waals surface area contributed by atoms with Gasteiger partial charge in [0.05, 0.1) is 25.3 Å². The van der Waals surface area contributed by atoms with Crippen LogP contribution in [-0.4, -0.2) is 45.4 Å². The number of aliphatic imine (C=N–C) groups is 1. The lowest BCUT2D eigenvalue weighted by Gasteiger charge is -2.29. The predicted octanol–water partition coefficient (Wildman–Crippen LogP) is 3.01. The van der Waals surface area contributed by atoms with E-state index in [0.29, 0.717) is 50.4 Å². The Morgan fingerprint density at radius 3 is 2.59 bits per heavy atom. The van der Waals surface area contributed by atoms with Crippen molar-refractivity contribution >= 4 is 11.6 Å². The molecule has 2 N–H and O–H groups in total. The van der Waals surface area contributed by atoms with Crippen LogP contribution in [0.2, 0.25) is 0 Å². The molecule has 0 unspecified atom stereocenters. The molecule has 1 heterocycles. The van der Waals surface area contributed by atoms with Gasteiger partial charge in [-0.05, 0) is 43.4 Å². The molecule has 0 bridgehead atoms. The van der Waals surface area contributed by atoms with Crippen LogP contribution >= 0.6 is 0 Å². The molecular weight excluding hydrogens is 357 g/mol. The highest BCUT2D eigenvalue weighted by molar-refractivity contribution is 5.79. The van der Waals surface area contributed by atoms with Crippen LogP contribution in [0, 0.1) is 5.92 Å². The lowest BCUT2D eigenvalue weighted by atomic mass is 10.1. The van der Waals surface area contributed by atoms with Crippen molar-refractivity contribution in [2.24, 2.45) is 10.9 Å². The normalized spacial score (nSPS) is 18.5. The lowest BCUT2D eigenvalue weighted by molar-refractivity contribution is -0.138. The third-order valence-corrected chi connectivity index (χ3v) is 4.78. The molecule has 0 amide bonds. The van der Waals surface area contributed by atoms with Crippen LogP contribution in [0.1, 0.15) is 30.9 Å². The van der Waals surface area contributed by atoms with Gasteiger partial charge in [-0.25, -0.2) is 4.99 Å². The highest BCUT2D eigenvalue weighted by Crippen LogP contribution is 2.35. The van der Waals surface area contributed by atoms with Gasteiger partial charge in [0.2, 0.25) is 0 Å². The summed E-state index contributed by atoms with van der Waals surface area (Å²) in [7, 11) is 0. The third kappa shape index (κ3) is 5.76. The number of hydrogen-bond acceptors (Lipinski definition) is 3. The maximum absolute atomic E-state index is 13.6. The number of nitrogens with zero attached hydrogens (tertiary/aromatic N) is 2. The summed E-state index contributed by atoms with van der Waals surface area (Å²) in [6.45, 7) is 5.67. The molecule has 8 heteroatoms. The zero-order valence-corrected chi connectivity index (χ0v) is 15.6. The Labute approximate surface area is 158 Å². The smallest absolute Gasteiger partial charge is 0.378 e. The van der Waals surface area contributed by atoms with Crippen molar-refractivity contribution in [3.8, 4) is 0 Å². The van der Waals surface area contributed by atoms with Crippen molar-refractivity contribution in [2.45, 2.75) is 32.5 Å². The van der Waals surface area contributed by atoms with Gasteiger partial charge in [0.25, 0.3) is 0 Å². The summed E-state index contributed by atoms with van der Waals surface area (Å²) in [5, 5.41) is 6.30. The topological polar surface area (TPSA) is 48.9 Å². The van der Waals surface area contributed by atoms with Crippen LogP contribution in [0.5, 0.6) is 0 Å². The summed E-state index contributed by atoms with van der Waals surface area (Å²) in [5.74, 6) is 1.22. The number of halogens is 3. The number of anilines is 1. The number of ether oxygens (including phenoxy) is 1. The third-order valence-electron chi connectivity index (χ3n) is 4.78. The van der Waals surface area contributed by atoms with E-state index in [1.54, 1.807) is 12.1 Å².